The summed E-state index contributed by atoms with van der Waals surface area (Å²) < 4.78 is 5.13. The van der Waals surface area contributed by atoms with Crippen LogP contribution in [0, 0.1) is 6.92 Å². The number of rotatable bonds is 5. The number of halogens is 1. The molecule has 3 rings (SSSR count). The average Bonchev–Trinajstić information content (AvgIpc) is 3.05. The van der Waals surface area contributed by atoms with Crippen molar-refractivity contribution in [2.24, 2.45) is 0 Å². The highest BCUT2D eigenvalue weighted by Crippen LogP contribution is 2.23. The highest BCUT2D eigenvalue weighted by molar-refractivity contribution is 6.31. The smallest absolute Gasteiger partial charge is 0.250 e. The van der Waals surface area contributed by atoms with Crippen molar-refractivity contribution < 1.29 is 9.32 Å². The topological polar surface area (TPSA) is 68.0 Å². The summed E-state index contributed by atoms with van der Waals surface area (Å²) in [5.74, 6) is 0.445. The molecule has 0 aliphatic heterocycles. The van der Waals surface area contributed by atoms with Crippen molar-refractivity contribution >= 4 is 35.3 Å². The van der Waals surface area contributed by atoms with Gasteiger partial charge in [-0.25, -0.2) is 0 Å². The molecule has 0 bridgehead atoms. The van der Waals surface area contributed by atoms with Crippen LogP contribution in [0.25, 0.3) is 12.2 Å². The van der Waals surface area contributed by atoms with Crippen LogP contribution in [0.5, 0.6) is 0 Å². The van der Waals surface area contributed by atoms with Crippen LogP contribution in [0.2, 0.25) is 5.02 Å². The lowest BCUT2D eigenvalue weighted by Gasteiger charge is -2.08. The predicted octanol–water partition coefficient (Wildman–Crippen LogP) is 4.38. The van der Waals surface area contributed by atoms with E-state index in [4.69, 9.17) is 16.1 Å². The number of nitrogens with one attached hydrogen (secondary N) is 1. The summed E-state index contributed by atoms with van der Waals surface area (Å²) in [6.45, 7) is 1.85. The Balaban J connectivity index is 1.62. The van der Waals surface area contributed by atoms with Gasteiger partial charge in [-0.2, -0.15) is 4.98 Å². The monoisotopic (exact) mass is 353 g/mol. The van der Waals surface area contributed by atoms with Gasteiger partial charge in [-0.1, -0.05) is 53.2 Å². The van der Waals surface area contributed by atoms with Gasteiger partial charge >= 0.3 is 0 Å². The molecule has 25 heavy (non-hydrogen) atoms. The minimum absolute atomic E-state index is 0.0225. The summed E-state index contributed by atoms with van der Waals surface area (Å²) >= 11 is 6.05. The van der Waals surface area contributed by atoms with Crippen LogP contribution in [0.15, 0.2) is 53.1 Å². The number of nitrogens with zero attached hydrogens (tertiary/aromatic N) is 2. The molecule has 0 fully saturated rings. The Kier molecular flexibility index (Phi) is 5.26. The third-order valence-corrected chi connectivity index (χ3v) is 3.97. The van der Waals surface area contributed by atoms with Crippen molar-refractivity contribution in [3.05, 3.63) is 76.4 Å². The lowest BCUT2D eigenvalue weighted by molar-refractivity contribution is -0.115. The number of anilines is 1. The van der Waals surface area contributed by atoms with E-state index in [1.165, 1.54) is 0 Å². The molecule has 0 spiro atoms. The Hall–Kier alpha value is -2.92. The molecule has 1 heterocycles. The van der Waals surface area contributed by atoms with Gasteiger partial charge in [-0.3, -0.25) is 4.79 Å². The second-order valence-corrected chi connectivity index (χ2v) is 5.84. The zero-order valence-corrected chi connectivity index (χ0v) is 14.3. The molecule has 1 N–H and O–H groups in total. The van der Waals surface area contributed by atoms with Crippen LogP contribution < -0.4 is 5.32 Å². The number of benzene rings is 2. The first kappa shape index (κ1) is 16.9. The fraction of sp³-hybridized carbons (Fsp3) is 0.105. The molecule has 0 aliphatic rings. The van der Waals surface area contributed by atoms with E-state index in [1.807, 2.05) is 43.3 Å². The number of hydrogen-bond donors (Lipinski definition) is 1. The summed E-state index contributed by atoms with van der Waals surface area (Å²) in [5.41, 5.74) is 2.51. The van der Waals surface area contributed by atoms with Crippen LogP contribution in [-0.4, -0.2) is 16.0 Å². The third-order valence-electron chi connectivity index (χ3n) is 3.56. The first-order valence-electron chi connectivity index (χ1n) is 7.72. The van der Waals surface area contributed by atoms with Crippen molar-refractivity contribution in [1.29, 1.82) is 0 Å². The number of carbonyl (C=O) groups is 1. The summed E-state index contributed by atoms with van der Waals surface area (Å²) in [6.07, 6.45) is 3.60. The molecule has 2 aromatic carbocycles. The lowest BCUT2D eigenvalue weighted by atomic mass is 10.2. The Morgan fingerprint density at radius 3 is 2.76 bits per heavy atom. The largest absolute Gasteiger partial charge is 0.335 e. The van der Waals surface area contributed by atoms with Gasteiger partial charge in [-0.15, -0.1) is 0 Å². The maximum absolute atomic E-state index is 12.1. The normalized spacial score (nSPS) is 11.0. The van der Waals surface area contributed by atoms with Gasteiger partial charge in [0, 0.05) is 16.8 Å². The highest BCUT2D eigenvalue weighted by Gasteiger charge is 2.11. The average molecular weight is 354 g/mol. The van der Waals surface area contributed by atoms with Crippen LogP contribution in [0.4, 0.5) is 5.69 Å². The van der Waals surface area contributed by atoms with E-state index in [0.717, 1.165) is 11.1 Å². The van der Waals surface area contributed by atoms with E-state index in [-0.39, 0.29) is 12.3 Å². The summed E-state index contributed by atoms with van der Waals surface area (Å²) in [6, 6.07) is 15.1. The van der Waals surface area contributed by atoms with Crippen molar-refractivity contribution in [3.8, 4) is 0 Å². The van der Waals surface area contributed by atoms with Crippen molar-refractivity contribution in [2.75, 3.05) is 5.32 Å². The van der Waals surface area contributed by atoms with E-state index in [2.05, 4.69) is 15.5 Å². The molecule has 0 atom stereocenters. The molecule has 0 unspecified atom stereocenters. The number of hydrogen-bond acceptors (Lipinski definition) is 4. The molecular weight excluding hydrogens is 338 g/mol. The zero-order valence-electron chi connectivity index (χ0n) is 13.6. The van der Waals surface area contributed by atoms with Crippen LogP contribution in [0.1, 0.15) is 22.8 Å². The second kappa shape index (κ2) is 7.77. The van der Waals surface area contributed by atoms with Gasteiger partial charge in [0.25, 0.3) is 5.89 Å². The standard InChI is InChI=1S/C19H16ClN3O2/c1-13-15(20)8-5-9-16(13)21-18(24)12-17-22-19(25-23-17)11-10-14-6-3-2-4-7-14/h2-11H,12H2,1H3,(H,21,24). The lowest BCUT2D eigenvalue weighted by Crippen LogP contribution is -2.16. The van der Waals surface area contributed by atoms with Crippen LogP contribution >= 0.6 is 11.6 Å². The Morgan fingerprint density at radius 2 is 1.96 bits per heavy atom. The van der Waals surface area contributed by atoms with Gasteiger partial charge in [0.2, 0.25) is 5.91 Å². The van der Waals surface area contributed by atoms with E-state index < -0.39 is 0 Å². The van der Waals surface area contributed by atoms with E-state index in [9.17, 15) is 4.79 Å². The predicted molar refractivity (Wildman–Crippen MR) is 98.2 cm³/mol. The molecule has 1 aromatic heterocycles. The van der Waals surface area contributed by atoms with Crippen molar-refractivity contribution in [1.82, 2.24) is 10.1 Å². The Labute approximate surface area is 150 Å². The molecule has 0 aliphatic carbocycles. The quantitative estimate of drug-likeness (QED) is 0.739. The SMILES string of the molecule is Cc1c(Cl)cccc1NC(=O)Cc1noc(C=Cc2ccccc2)n1. The number of aromatic nitrogens is 2. The third kappa shape index (κ3) is 4.55. The zero-order chi connectivity index (χ0) is 17.6. The minimum Gasteiger partial charge on any atom is -0.335 e. The van der Waals surface area contributed by atoms with Gasteiger partial charge in [-0.05, 0) is 36.3 Å². The maximum atomic E-state index is 12.1. The molecular formula is C19H16ClN3O2. The number of carbonyl (C=O) groups excluding carboxylic acids is 1. The highest BCUT2D eigenvalue weighted by atomic mass is 35.5. The molecule has 3 aromatic rings. The van der Waals surface area contributed by atoms with Gasteiger partial charge in [0.05, 0.1) is 6.42 Å². The van der Waals surface area contributed by atoms with Gasteiger partial charge in [0.1, 0.15) is 0 Å². The van der Waals surface area contributed by atoms with Crippen molar-refractivity contribution in [2.45, 2.75) is 13.3 Å². The van der Waals surface area contributed by atoms with E-state index >= 15 is 0 Å². The fourth-order valence-corrected chi connectivity index (χ4v) is 2.39. The molecule has 1 amide bonds. The van der Waals surface area contributed by atoms with Crippen molar-refractivity contribution in [3.63, 3.8) is 0 Å². The molecule has 0 saturated heterocycles. The second-order valence-electron chi connectivity index (χ2n) is 5.43. The minimum atomic E-state index is -0.232. The molecule has 126 valence electrons. The molecule has 5 nitrogen and oxygen atoms in total. The van der Waals surface area contributed by atoms with Crippen LogP contribution in [-0.2, 0) is 11.2 Å². The van der Waals surface area contributed by atoms with Crippen LogP contribution in [0.3, 0.4) is 0 Å². The maximum Gasteiger partial charge on any atom is 0.250 e. The number of amides is 1. The fourth-order valence-electron chi connectivity index (χ4n) is 2.22. The van der Waals surface area contributed by atoms with E-state index in [0.29, 0.717) is 22.4 Å². The van der Waals surface area contributed by atoms with Gasteiger partial charge < -0.3 is 9.84 Å². The summed E-state index contributed by atoms with van der Waals surface area (Å²) in [7, 11) is 0. The van der Waals surface area contributed by atoms with Gasteiger partial charge in [0.15, 0.2) is 5.82 Å². The molecule has 0 radical (unpaired) electrons. The molecule has 0 saturated carbocycles. The Morgan fingerprint density at radius 1 is 1.16 bits per heavy atom. The van der Waals surface area contributed by atoms with E-state index in [1.54, 1.807) is 24.3 Å². The molecule has 6 heteroatoms. The summed E-state index contributed by atoms with van der Waals surface area (Å²) in [4.78, 5) is 16.3. The Bertz CT molecular complexity index is 904. The summed E-state index contributed by atoms with van der Waals surface area (Å²) in [5, 5.41) is 7.23. The first-order valence-corrected chi connectivity index (χ1v) is 8.10. The first-order chi connectivity index (χ1) is 12.1.